The Bertz CT molecular complexity index is 457. The molecule has 0 aromatic heterocycles. The van der Waals surface area contributed by atoms with E-state index in [0.29, 0.717) is 6.10 Å². The summed E-state index contributed by atoms with van der Waals surface area (Å²) in [4.78, 5) is 2.36. The van der Waals surface area contributed by atoms with Crippen molar-refractivity contribution in [1.82, 2.24) is 0 Å². The molecule has 4 nitrogen and oxygen atoms in total. The smallest absolute Gasteiger partial charge is 0.123 e. The molecule has 1 unspecified atom stereocenters. The summed E-state index contributed by atoms with van der Waals surface area (Å²) in [5.74, 6) is 0.134. The van der Waals surface area contributed by atoms with Crippen molar-refractivity contribution < 1.29 is 4.74 Å². The highest BCUT2D eigenvalue weighted by Crippen LogP contribution is 2.23. The van der Waals surface area contributed by atoms with Gasteiger partial charge in [0.2, 0.25) is 0 Å². The number of amidine groups is 1. The number of ether oxygens (including phenoxy) is 1. The molecule has 1 aliphatic heterocycles. The Kier molecular flexibility index (Phi) is 4.43. The van der Waals surface area contributed by atoms with E-state index >= 15 is 0 Å². The van der Waals surface area contributed by atoms with Crippen LogP contribution in [0.15, 0.2) is 18.2 Å². The SMILES string of the molecule is CCOC1CCCN(c2ccc(C(=N)N)c(C)c2)C1. The molecule has 0 bridgehead atoms. The molecular formula is C15H23N3O. The lowest BCUT2D eigenvalue weighted by molar-refractivity contribution is 0.0527. The summed E-state index contributed by atoms with van der Waals surface area (Å²) in [6.45, 7) is 6.85. The summed E-state index contributed by atoms with van der Waals surface area (Å²) in [5.41, 5.74) is 8.64. The second kappa shape index (κ2) is 6.06. The van der Waals surface area contributed by atoms with Gasteiger partial charge in [-0.2, -0.15) is 0 Å². The van der Waals surface area contributed by atoms with Crippen LogP contribution in [0.5, 0.6) is 0 Å². The fraction of sp³-hybridized carbons (Fsp3) is 0.533. The van der Waals surface area contributed by atoms with E-state index in [0.717, 1.165) is 43.7 Å². The molecule has 1 atom stereocenters. The number of nitrogen functional groups attached to an aromatic ring is 1. The molecule has 1 fully saturated rings. The van der Waals surface area contributed by atoms with Gasteiger partial charge in [0.25, 0.3) is 0 Å². The van der Waals surface area contributed by atoms with Crippen LogP contribution in [0.1, 0.15) is 30.9 Å². The van der Waals surface area contributed by atoms with Crippen LogP contribution < -0.4 is 10.6 Å². The molecule has 1 aliphatic rings. The standard InChI is InChI=1S/C15H23N3O/c1-3-19-13-5-4-8-18(10-13)12-6-7-14(15(16)17)11(2)9-12/h6-7,9,13H,3-5,8,10H2,1-2H3,(H3,16,17). The summed E-state index contributed by atoms with van der Waals surface area (Å²) >= 11 is 0. The minimum Gasteiger partial charge on any atom is -0.384 e. The first kappa shape index (κ1) is 13.9. The van der Waals surface area contributed by atoms with E-state index in [2.05, 4.69) is 17.0 Å². The van der Waals surface area contributed by atoms with Crippen LogP contribution in [0.4, 0.5) is 5.69 Å². The quantitative estimate of drug-likeness (QED) is 0.645. The van der Waals surface area contributed by atoms with Crippen molar-refractivity contribution in [1.29, 1.82) is 5.41 Å². The molecule has 2 rings (SSSR count). The Morgan fingerprint density at radius 1 is 1.53 bits per heavy atom. The molecule has 0 aliphatic carbocycles. The van der Waals surface area contributed by atoms with Crippen molar-refractivity contribution in [3.8, 4) is 0 Å². The second-order valence-corrected chi connectivity index (χ2v) is 5.08. The van der Waals surface area contributed by atoms with E-state index in [1.165, 1.54) is 5.69 Å². The summed E-state index contributed by atoms with van der Waals surface area (Å²) in [6.07, 6.45) is 2.65. The Morgan fingerprint density at radius 2 is 2.32 bits per heavy atom. The van der Waals surface area contributed by atoms with Gasteiger partial charge in [0.05, 0.1) is 6.10 Å². The van der Waals surface area contributed by atoms with Gasteiger partial charge in [0.15, 0.2) is 0 Å². The first-order chi connectivity index (χ1) is 9.11. The van der Waals surface area contributed by atoms with E-state index in [1.54, 1.807) is 0 Å². The van der Waals surface area contributed by atoms with E-state index in [-0.39, 0.29) is 5.84 Å². The highest BCUT2D eigenvalue weighted by atomic mass is 16.5. The molecule has 0 radical (unpaired) electrons. The average molecular weight is 261 g/mol. The van der Waals surface area contributed by atoms with E-state index in [9.17, 15) is 0 Å². The second-order valence-electron chi connectivity index (χ2n) is 5.08. The fourth-order valence-electron chi connectivity index (χ4n) is 2.69. The van der Waals surface area contributed by atoms with Crippen LogP contribution in [-0.2, 0) is 4.74 Å². The highest BCUT2D eigenvalue weighted by Gasteiger charge is 2.20. The van der Waals surface area contributed by atoms with E-state index < -0.39 is 0 Å². The molecule has 0 spiro atoms. The minimum atomic E-state index is 0.134. The lowest BCUT2D eigenvalue weighted by atomic mass is 10.0. The van der Waals surface area contributed by atoms with Gasteiger partial charge in [0.1, 0.15) is 5.84 Å². The van der Waals surface area contributed by atoms with Crippen LogP contribution >= 0.6 is 0 Å². The van der Waals surface area contributed by atoms with E-state index in [1.807, 2.05) is 19.9 Å². The van der Waals surface area contributed by atoms with Crippen LogP contribution in [0.25, 0.3) is 0 Å². The third-order valence-corrected chi connectivity index (χ3v) is 3.65. The minimum absolute atomic E-state index is 0.134. The van der Waals surface area contributed by atoms with Gasteiger partial charge in [-0.25, -0.2) is 0 Å². The maximum Gasteiger partial charge on any atom is 0.123 e. The molecule has 1 aromatic rings. The summed E-state index contributed by atoms with van der Waals surface area (Å²) in [7, 11) is 0. The number of hydrogen-bond acceptors (Lipinski definition) is 3. The van der Waals surface area contributed by atoms with E-state index in [4.69, 9.17) is 15.9 Å². The van der Waals surface area contributed by atoms with Crippen molar-refractivity contribution in [3.63, 3.8) is 0 Å². The molecule has 1 heterocycles. The van der Waals surface area contributed by atoms with Gasteiger partial charge in [-0.3, -0.25) is 5.41 Å². The monoisotopic (exact) mass is 261 g/mol. The number of nitrogens with two attached hydrogens (primary N) is 1. The number of piperidine rings is 1. The predicted molar refractivity (Wildman–Crippen MR) is 79.1 cm³/mol. The number of anilines is 1. The number of nitrogens with zero attached hydrogens (tertiary/aromatic N) is 1. The first-order valence-corrected chi connectivity index (χ1v) is 6.93. The van der Waals surface area contributed by atoms with Gasteiger partial charge in [0, 0.05) is 30.9 Å². The largest absolute Gasteiger partial charge is 0.384 e. The molecule has 0 amide bonds. The van der Waals surface area contributed by atoms with Crippen LogP contribution in [-0.4, -0.2) is 31.6 Å². The fourth-order valence-corrected chi connectivity index (χ4v) is 2.69. The number of hydrogen-bond donors (Lipinski definition) is 2. The Labute approximate surface area is 115 Å². The maximum atomic E-state index is 7.52. The van der Waals surface area contributed by atoms with Crippen molar-refractivity contribution in [2.75, 3.05) is 24.6 Å². The predicted octanol–water partition coefficient (Wildman–Crippen LogP) is 2.28. The van der Waals surface area contributed by atoms with Crippen molar-refractivity contribution >= 4 is 11.5 Å². The van der Waals surface area contributed by atoms with Gasteiger partial charge >= 0.3 is 0 Å². The lowest BCUT2D eigenvalue weighted by Gasteiger charge is -2.34. The lowest BCUT2D eigenvalue weighted by Crippen LogP contribution is -2.39. The molecule has 4 heteroatoms. The zero-order chi connectivity index (χ0) is 13.8. The summed E-state index contributed by atoms with van der Waals surface area (Å²) < 4.78 is 5.73. The maximum absolute atomic E-state index is 7.52. The molecule has 104 valence electrons. The van der Waals surface area contributed by atoms with Gasteiger partial charge in [-0.05, 0) is 50.5 Å². The van der Waals surface area contributed by atoms with Crippen molar-refractivity contribution in [2.24, 2.45) is 5.73 Å². The normalized spacial score (nSPS) is 19.5. The summed E-state index contributed by atoms with van der Waals surface area (Å²) in [6, 6.07) is 6.11. The van der Waals surface area contributed by atoms with Gasteiger partial charge in [-0.15, -0.1) is 0 Å². The molecule has 1 aromatic carbocycles. The third kappa shape index (κ3) is 3.26. The van der Waals surface area contributed by atoms with Gasteiger partial charge in [-0.1, -0.05) is 0 Å². The van der Waals surface area contributed by atoms with Crippen LogP contribution in [0.2, 0.25) is 0 Å². The number of nitrogens with one attached hydrogen (secondary N) is 1. The first-order valence-electron chi connectivity index (χ1n) is 6.93. The Balaban J connectivity index is 2.13. The molecule has 1 saturated heterocycles. The van der Waals surface area contributed by atoms with Crippen LogP contribution in [0.3, 0.4) is 0 Å². The van der Waals surface area contributed by atoms with Gasteiger partial charge < -0.3 is 15.4 Å². The van der Waals surface area contributed by atoms with Crippen molar-refractivity contribution in [2.45, 2.75) is 32.8 Å². The molecule has 3 N–H and O–H groups in total. The zero-order valence-electron chi connectivity index (χ0n) is 11.8. The van der Waals surface area contributed by atoms with Crippen LogP contribution in [0, 0.1) is 12.3 Å². The number of benzene rings is 1. The summed E-state index contributed by atoms with van der Waals surface area (Å²) in [5, 5.41) is 7.52. The Hall–Kier alpha value is -1.55. The molecular weight excluding hydrogens is 238 g/mol. The molecule has 0 saturated carbocycles. The van der Waals surface area contributed by atoms with Crippen molar-refractivity contribution in [3.05, 3.63) is 29.3 Å². The number of aryl methyl sites for hydroxylation is 1. The highest BCUT2D eigenvalue weighted by molar-refractivity contribution is 5.96. The average Bonchev–Trinajstić information content (AvgIpc) is 2.39. The third-order valence-electron chi connectivity index (χ3n) is 3.65. The Morgan fingerprint density at radius 3 is 2.95 bits per heavy atom. The molecule has 19 heavy (non-hydrogen) atoms. The number of rotatable bonds is 4. The topological polar surface area (TPSA) is 62.3 Å². The zero-order valence-corrected chi connectivity index (χ0v) is 11.8.